The maximum atomic E-state index is 4.11. The number of fused-ring (bicyclic) bond motifs is 1. The quantitative estimate of drug-likeness (QED) is 0.738. The van der Waals surface area contributed by atoms with Crippen LogP contribution in [0.1, 0.15) is 23.1 Å². The third-order valence-corrected chi connectivity index (χ3v) is 2.97. The molecule has 1 aromatic heterocycles. The number of aromatic nitrogens is 3. The Hall–Kier alpha value is -1.64. The van der Waals surface area contributed by atoms with Crippen LogP contribution in [-0.2, 0) is 19.4 Å². The summed E-state index contributed by atoms with van der Waals surface area (Å²) in [5.74, 6) is 0. The molecule has 0 atom stereocenters. The number of aryl methyl sites for hydroxylation is 2. The van der Waals surface area contributed by atoms with Crippen molar-refractivity contribution in [3.63, 3.8) is 0 Å². The summed E-state index contributed by atoms with van der Waals surface area (Å²) in [6, 6.07) is 6.77. The summed E-state index contributed by atoms with van der Waals surface area (Å²) in [5.41, 5.74) is 4.37. The average molecular weight is 199 g/mol. The lowest BCUT2D eigenvalue weighted by molar-refractivity contribution is 0.684. The van der Waals surface area contributed by atoms with Crippen LogP contribution < -0.4 is 0 Å². The Kier molecular flexibility index (Phi) is 2.02. The van der Waals surface area contributed by atoms with Gasteiger partial charge in [-0.3, -0.25) is 0 Å². The van der Waals surface area contributed by atoms with Gasteiger partial charge >= 0.3 is 0 Å². The lowest BCUT2D eigenvalue weighted by Crippen LogP contribution is -2.00. The smallest absolute Gasteiger partial charge is 0.137 e. The van der Waals surface area contributed by atoms with Crippen LogP contribution >= 0.6 is 0 Å². The van der Waals surface area contributed by atoms with E-state index in [0.717, 1.165) is 6.54 Å². The summed E-state index contributed by atoms with van der Waals surface area (Å²) in [7, 11) is 0. The molecule has 1 aliphatic carbocycles. The minimum Gasteiger partial charge on any atom is -0.249 e. The molecule has 15 heavy (non-hydrogen) atoms. The molecule has 1 heterocycles. The zero-order chi connectivity index (χ0) is 10.1. The van der Waals surface area contributed by atoms with Crippen molar-refractivity contribution in [1.82, 2.24) is 14.8 Å². The topological polar surface area (TPSA) is 30.7 Å². The van der Waals surface area contributed by atoms with E-state index in [2.05, 4.69) is 28.3 Å². The molecule has 0 saturated heterocycles. The van der Waals surface area contributed by atoms with Gasteiger partial charge in [-0.25, -0.2) is 9.67 Å². The molecular formula is C12H13N3. The summed E-state index contributed by atoms with van der Waals surface area (Å²) in [4.78, 5) is 3.94. The van der Waals surface area contributed by atoms with Gasteiger partial charge in [-0.15, -0.1) is 0 Å². The maximum Gasteiger partial charge on any atom is 0.137 e. The number of hydrogen-bond donors (Lipinski definition) is 0. The van der Waals surface area contributed by atoms with E-state index in [4.69, 9.17) is 0 Å². The fraction of sp³-hybridized carbons (Fsp3) is 0.333. The normalized spacial score (nSPS) is 14.1. The second-order valence-corrected chi connectivity index (χ2v) is 4.05. The van der Waals surface area contributed by atoms with Gasteiger partial charge in [0.2, 0.25) is 0 Å². The Morgan fingerprint density at radius 3 is 3.00 bits per heavy atom. The highest BCUT2D eigenvalue weighted by atomic mass is 15.3. The Morgan fingerprint density at radius 1 is 1.20 bits per heavy atom. The fourth-order valence-electron chi connectivity index (χ4n) is 2.22. The predicted molar refractivity (Wildman–Crippen MR) is 57.6 cm³/mol. The molecular weight excluding hydrogens is 186 g/mol. The van der Waals surface area contributed by atoms with Gasteiger partial charge < -0.3 is 0 Å². The molecule has 0 radical (unpaired) electrons. The van der Waals surface area contributed by atoms with Gasteiger partial charge in [-0.1, -0.05) is 18.2 Å². The number of benzene rings is 1. The highest BCUT2D eigenvalue weighted by Crippen LogP contribution is 2.22. The van der Waals surface area contributed by atoms with Crippen molar-refractivity contribution in [3.05, 3.63) is 47.5 Å². The molecule has 0 spiro atoms. The van der Waals surface area contributed by atoms with Gasteiger partial charge in [0.1, 0.15) is 12.7 Å². The summed E-state index contributed by atoms with van der Waals surface area (Å²) in [6.07, 6.45) is 7.13. The van der Waals surface area contributed by atoms with Crippen LogP contribution in [0.2, 0.25) is 0 Å². The highest BCUT2D eigenvalue weighted by Gasteiger charge is 2.10. The van der Waals surface area contributed by atoms with Gasteiger partial charge in [0.15, 0.2) is 0 Å². The zero-order valence-electron chi connectivity index (χ0n) is 8.56. The molecule has 0 aliphatic heterocycles. The minimum absolute atomic E-state index is 0.827. The molecule has 0 fully saturated rings. The third-order valence-electron chi connectivity index (χ3n) is 2.97. The number of nitrogens with zero attached hydrogens (tertiary/aromatic N) is 3. The molecule has 0 unspecified atom stereocenters. The molecule has 0 bridgehead atoms. The van der Waals surface area contributed by atoms with Gasteiger partial charge in [-0.2, -0.15) is 5.10 Å². The largest absolute Gasteiger partial charge is 0.249 e. The monoisotopic (exact) mass is 199 g/mol. The molecule has 3 heteroatoms. The Labute approximate surface area is 88.8 Å². The predicted octanol–water partition coefficient (Wildman–Crippen LogP) is 1.82. The first-order valence-electron chi connectivity index (χ1n) is 5.35. The van der Waals surface area contributed by atoms with Crippen molar-refractivity contribution in [1.29, 1.82) is 0 Å². The molecule has 0 amide bonds. The van der Waals surface area contributed by atoms with Crippen molar-refractivity contribution < 1.29 is 0 Å². The van der Waals surface area contributed by atoms with Crippen LogP contribution in [0.15, 0.2) is 30.9 Å². The third kappa shape index (κ3) is 1.65. The second-order valence-electron chi connectivity index (χ2n) is 4.05. The fourth-order valence-corrected chi connectivity index (χ4v) is 2.22. The van der Waals surface area contributed by atoms with Crippen molar-refractivity contribution in [2.24, 2.45) is 0 Å². The lowest BCUT2D eigenvalue weighted by Gasteiger charge is -2.04. The SMILES string of the molecule is c1ncn(Cc2ccc3c(c2)CCC3)n1. The first-order chi connectivity index (χ1) is 7.42. The Morgan fingerprint density at radius 2 is 2.13 bits per heavy atom. The minimum atomic E-state index is 0.827. The van der Waals surface area contributed by atoms with Gasteiger partial charge in [-0.05, 0) is 36.0 Å². The maximum absolute atomic E-state index is 4.11. The van der Waals surface area contributed by atoms with E-state index in [1.54, 1.807) is 12.7 Å². The first-order valence-corrected chi connectivity index (χ1v) is 5.35. The van der Waals surface area contributed by atoms with Crippen molar-refractivity contribution >= 4 is 0 Å². The Bertz CT molecular complexity index is 460. The van der Waals surface area contributed by atoms with Gasteiger partial charge in [0, 0.05) is 0 Å². The van der Waals surface area contributed by atoms with Crippen LogP contribution in [0.5, 0.6) is 0 Å². The van der Waals surface area contributed by atoms with Crippen molar-refractivity contribution in [3.8, 4) is 0 Å². The highest BCUT2D eigenvalue weighted by molar-refractivity contribution is 5.35. The van der Waals surface area contributed by atoms with E-state index in [1.807, 2.05) is 4.68 Å². The molecule has 2 aromatic rings. The van der Waals surface area contributed by atoms with Crippen LogP contribution in [0.4, 0.5) is 0 Å². The molecule has 3 nitrogen and oxygen atoms in total. The molecule has 3 rings (SSSR count). The summed E-state index contributed by atoms with van der Waals surface area (Å²) < 4.78 is 1.86. The first kappa shape index (κ1) is 8.65. The Balaban J connectivity index is 1.87. The molecule has 0 saturated carbocycles. The van der Waals surface area contributed by atoms with Crippen molar-refractivity contribution in [2.45, 2.75) is 25.8 Å². The number of rotatable bonds is 2. The molecule has 0 N–H and O–H groups in total. The number of hydrogen-bond acceptors (Lipinski definition) is 2. The lowest BCUT2D eigenvalue weighted by atomic mass is 10.1. The molecule has 1 aliphatic rings. The molecule has 1 aromatic carbocycles. The van der Waals surface area contributed by atoms with E-state index in [-0.39, 0.29) is 0 Å². The summed E-state index contributed by atoms with van der Waals surface area (Å²) >= 11 is 0. The van der Waals surface area contributed by atoms with E-state index in [9.17, 15) is 0 Å². The van der Waals surface area contributed by atoms with Crippen LogP contribution in [0.25, 0.3) is 0 Å². The van der Waals surface area contributed by atoms with Crippen LogP contribution in [0.3, 0.4) is 0 Å². The van der Waals surface area contributed by atoms with Crippen LogP contribution in [0, 0.1) is 0 Å². The van der Waals surface area contributed by atoms with Crippen molar-refractivity contribution in [2.75, 3.05) is 0 Å². The standard InChI is InChI=1S/C12H13N3/c1-2-11-5-4-10(6-12(11)3-1)7-15-9-13-8-14-15/h4-6,8-9H,1-3,7H2. The van der Waals surface area contributed by atoms with E-state index < -0.39 is 0 Å². The molecule has 76 valence electrons. The second kappa shape index (κ2) is 3.50. The van der Waals surface area contributed by atoms with Crippen LogP contribution in [-0.4, -0.2) is 14.8 Å². The summed E-state index contributed by atoms with van der Waals surface area (Å²) in [5, 5.41) is 4.11. The van der Waals surface area contributed by atoms with E-state index in [0.29, 0.717) is 0 Å². The summed E-state index contributed by atoms with van der Waals surface area (Å²) in [6.45, 7) is 0.827. The van der Waals surface area contributed by atoms with E-state index >= 15 is 0 Å². The average Bonchev–Trinajstić information content (AvgIpc) is 2.87. The van der Waals surface area contributed by atoms with E-state index in [1.165, 1.54) is 36.0 Å². The van der Waals surface area contributed by atoms with Gasteiger partial charge in [0.05, 0.1) is 6.54 Å². The zero-order valence-corrected chi connectivity index (χ0v) is 8.56. The van der Waals surface area contributed by atoms with Gasteiger partial charge in [0.25, 0.3) is 0 Å².